The summed E-state index contributed by atoms with van der Waals surface area (Å²) in [6.07, 6.45) is 0. The van der Waals surface area contributed by atoms with Crippen molar-refractivity contribution in [3.8, 4) is 22.3 Å². The van der Waals surface area contributed by atoms with Crippen LogP contribution in [-0.4, -0.2) is 0 Å². The highest BCUT2D eigenvalue weighted by atomic mass is 32.1. The zero-order valence-corrected chi connectivity index (χ0v) is 28.7. The molecule has 3 heterocycles. The maximum absolute atomic E-state index is 6.88. The number of para-hydroxylation sites is 3. The quantitative estimate of drug-likeness (QED) is 0.181. The highest BCUT2D eigenvalue weighted by Crippen LogP contribution is 2.47. The molecule has 0 radical (unpaired) electrons. The summed E-state index contributed by atoms with van der Waals surface area (Å²) in [5, 5.41) is 6.89. The highest BCUT2D eigenvalue weighted by Gasteiger charge is 2.22. The summed E-state index contributed by atoms with van der Waals surface area (Å²) in [5.41, 5.74) is 11.3. The van der Waals surface area contributed by atoms with Crippen LogP contribution in [0.1, 0.15) is 0 Å². The largest absolute Gasteiger partial charge is 0.456 e. The Labute approximate surface area is 303 Å². The van der Waals surface area contributed by atoms with Crippen molar-refractivity contribution in [1.82, 2.24) is 0 Å². The van der Waals surface area contributed by atoms with Crippen LogP contribution in [0.5, 0.6) is 0 Å². The monoisotopic (exact) mass is 683 g/mol. The number of nitrogens with zero attached hydrogens (tertiary/aromatic N) is 1. The van der Waals surface area contributed by atoms with E-state index in [0.717, 1.165) is 77.6 Å². The first-order chi connectivity index (χ1) is 25.8. The molecule has 0 aliphatic rings. The smallest absolute Gasteiger partial charge is 0.143 e. The van der Waals surface area contributed by atoms with Crippen molar-refractivity contribution in [3.63, 3.8) is 0 Å². The number of thiophene rings is 1. The van der Waals surface area contributed by atoms with Gasteiger partial charge in [0, 0.05) is 69.9 Å². The van der Waals surface area contributed by atoms with Crippen LogP contribution in [0.4, 0.5) is 17.1 Å². The van der Waals surface area contributed by atoms with Gasteiger partial charge in [-0.25, -0.2) is 0 Å². The molecular formula is C48H29NO2S. The van der Waals surface area contributed by atoms with Crippen molar-refractivity contribution in [2.45, 2.75) is 0 Å². The van der Waals surface area contributed by atoms with E-state index < -0.39 is 0 Å². The van der Waals surface area contributed by atoms with Crippen molar-refractivity contribution >= 4 is 92.4 Å². The summed E-state index contributed by atoms with van der Waals surface area (Å²) in [6.45, 7) is 0. The molecule has 3 nitrogen and oxygen atoms in total. The maximum atomic E-state index is 6.88. The highest BCUT2D eigenvalue weighted by molar-refractivity contribution is 7.26. The second-order valence-electron chi connectivity index (χ2n) is 13.2. The van der Waals surface area contributed by atoms with Crippen LogP contribution in [0.2, 0.25) is 0 Å². The molecular weight excluding hydrogens is 655 g/mol. The Hall–Kier alpha value is -6.62. The third-order valence-electron chi connectivity index (χ3n) is 10.3. The molecule has 0 aliphatic carbocycles. The number of benzene rings is 8. The third kappa shape index (κ3) is 4.45. The number of hydrogen-bond donors (Lipinski definition) is 0. The van der Waals surface area contributed by atoms with E-state index in [1.807, 2.05) is 29.5 Å². The van der Waals surface area contributed by atoms with Gasteiger partial charge in [-0.1, -0.05) is 103 Å². The molecule has 0 N–H and O–H groups in total. The Morgan fingerprint density at radius 1 is 0.385 bits per heavy atom. The SMILES string of the molecule is c1ccc(N(c2ccccc2)c2ccc(-c3cc(-c4cccc5c4sc4ccccc45)c4oc5ccc6oc7ccccc7c6c5c4c3)cc2)cc1. The Bertz CT molecular complexity index is 3080. The summed E-state index contributed by atoms with van der Waals surface area (Å²) < 4.78 is 15.8. The molecule has 0 bridgehead atoms. The minimum atomic E-state index is 0.854. The summed E-state index contributed by atoms with van der Waals surface area (Å²) in [7, 11) is 0. The number of furan rings is 2. The number of hydrogen-bond acceptors (Lipinski definition) is 4. The third-order valence-corrected chi connectivity index (χ3v) is 11.5. The predicted molar refractivity (Wildman–Crippen MR) is 219 cm³/mol. The summed E-state index contributed by atoms with van der Waals surface area (Å²) in [6, 6.07) is 62.3. The molecule has 0 saturated heterocycles. The van der Waals surface area contributed by atoms with Crippen molar-refractivity contribution < 1.29 is 8.83 Å². The van der Waals surface area contributed by atoms with E-state index in [1.165, 1.54) is 25.7 Å². The molecule has 0 saturated carbocycles. The second-order valence-corrected chi connectivity index (χ2v) is 14.3. The van der Waals surface area contributed by atoms with Gasteiger partial charge in [-0.15, -0.1) is 11.3 Å². The molecule has 0 amide bonds. The Morgan fingerprint density at radius 2 is 1.00 bits per heavy atom. The van der Waals surface area contributed by atoms with Crippen LogP contribution in [0.3, 0.4) is 0 Å². The first-order valence-electron chi connectivity index (χ1n) is 17.5. The first-order valence-corrected chi connectivity index (χ1v) is 18.3. The van der Waals surface area contributed by atoms with Crippen molar-refractivity contribution in [2.75, 3.05) is 4.90 Å². The lowest BCUT2D eigenvalue weighted by Gasteiger charge is -2.25. The number of fused-ring (bicyclic) bond motifs is 10. The lowest BCUT2D eigenvalue weighted by atomic mass is 9.94. The van der Waals surface area contributed by atoms with E-state index >= 15 is 0 Å². The van der Waals surface area contributed by atoms with Gasteiger partial charge in [-0.05, 0) is 83.9 Å². The van der Waals surface area contributed by atoms with Crippen LogP contribution < -0.4 is 4.90 Å². The van der Waals surface area contributed by atoms with Gasteiger partial charge in [0.05, 0.1) is 0 Å². The zero-order chi connectivity index (χ0) is 34.2. The lowest BCUT2D eigenvalue weighted by molar-refractivity contribution is 0.663. The van der Waals surface area contributed by atoms with E-state index in [-0.39, 0.29) is 0 Å². The molecule has 3 aromatic heterocycles. The Morgan fingerprint density at radius 3 is 1.77 bits per heavy atom. The average molecular weight is 684 g/mol. The van der Waals surface area contributed by atoms with Crippen LogP contribution in [0.15, 0.2) is 185 Å². The van der Waals surface area contributed by atoms with Crippen molar-refractivity contribution in [2.24, 2.45) is 0 Å². The van der Waals surface area contributed by atoms with Gasteiger partial charge in [-0.2, -0.15) is 0 Å². The molecule has 0 unspecified atom stereocenters. The lowest BCUT2D eigenvalue weighted by Crippen LogP contribution is -2.09. The topological polar surface area (TPSA) is 29.5 Å². The molecule has 0 atom stereocenters. The van der Waals surface area contributed by atoms with Gasteiger partial charge in [0.25, 0.3) is 0 Å². The van der Waals surface area contributed by atoms with Gasteiger partial charge in [-0.3, -0.25) is 0 Å². The average Bonchev–Trinajstić information content (AvgIpc) is 3.90. The molecule has 52 heavy (non-hydrogen) atoms. The van der Waals surface area contributed by atoms with Crippen LogP contribution >= 0.6 is 11.3 Å². The van der Waals surface area contributed by atoms with Crippen LogP contribution in [0.25, 0.3) is 86.3 Å². The van der Waals surface area contributed by atoms with Crippen molar-refractivity contribution in [1.29, 1.82) is 0 Å². The zero-order valence-electron chi connectivity index (χ0n) is 27.9. The maximum Gasteiger partial charge on any atom is 0.143 e. The fraction of sp³-hybridized carbons (Fsp3) is 0. The molecule has 0 spiro atoms. The molecule has 11 rings (SSSR count). The fourth-order valence-electron chi connectivity index (χ4n) is 7.91. The fourth-order valence-corrected chi connectivity index (χ4v) is 9.15. The second kappa shape index (κ2) is 11.5. The van der Waals surface area contributed by atoms with Gasteiger partial charge < -0.3 is 13.7 Å². The van der Waals surface area contributed by atoms with Crippen LogP contribution in [-0.2, 0) is 0 Å². The minimum Gasteiger partial charge on any atom is -0.456 e. The summed E-state index contributed by atoms with van der Waals surface area (Å²) >= 11 is 1.84. The van der Waals surface area contributed by atoms with E-state index in [0.29, 0.717) is 0 Å². The molecule has 0 fully saturated rings. The van der Waals surface area contributed by atoms with E-state index in [4.69, 9.17) is 8.83 Å². The van der Waals surface area contributed by atoms with E-state index in [1.54, 1.807) is 0 Å². The van der Waals surface area contributed by atoms with Gasteiger partial charge in [0.15, 0.2) is 0 Å². The Kier molecular flexibility index (Phi) is 6.42. The minimum absolute atomic E-state index is 0.854. The number of rotatable bonds is 5. The van der Waals surface area contributed by atoms with E-state index in [2.05, 4.69) is 163 Å². The van der Waals surface area contributed by atoms with Crippen molar-refractivity contribution in [3.05, 3.63) is 176 Å². The number of anilines is 3. The Balaban J connectivity index is 1.17. The molecule has 0 aliphatic heterocycles. The van der Waals surface area contributed by atoms with Crippen LogP contribution in [0, 0.1) is 0 Å². The van der Waals surface area contributed by atoms with Gasteiger partial charge in [0.1, 0.15) is 22.3 Å². The molecule has 4 heteroatoms. The van der Waals surface area contributed by atoms with Gasteiger partial charge in [0.2, 0.25) is 0 Å². The predicted octanol–water partition coefficient (Wildman–Crippen LogP) is 14.7. The standard InChI is InChI=1S/C48H29NO2S/c1-3-12-32(13-4-1)49(33-14-5-2-6-15-33)34-24-22-30(23-25-34)31-28-39(37-19-11-18-36-35-16-8-10-21-44(35)52-48(36)37)47-40(29-31)46-43(51-47)27-26-42-45(46)38-17-7-9-20-41(38)50-42/h1-29H. The molecule has 8 aromatic carbocycles. The summed E-state index contributed by atoms with van der Waals surface area (Å²) in [4.78, 5) is 2.30. The normalized spacial score (nSPS) is 11.8. The molecule has 11 aromatic rings. The molecule has 244 valence electrons. The van der Waals surface area contributed by atoms with E-state index in [9.17, 15) is 0 Å². The first kappa shape index (κ1) is 29.1. The summed E-state index contributed by atoms with van der Waals surface area (Å²) in [5.74, 6) is 0. The van der Waals surface area contributed by atoms with Gasteiger partial charge >= 0.3 is 0 Å².